The summed E-state index contributed by atoms with van der Waals surface area (Å²) < 4.78 is 10.3. The Labute approximate surface area is 476 Å². The molecule has 0 radical (unpaired) electrons. The van der Waals surface area contributed by atoms with Crippen LogP contribution in [0.5, 0.6) is 0 Å². The minimum atomic E-state index is -1.54. The molecule has 20 N–H and O–H groups in total. The molecule has 0 fully saturated rings. The van der Waals surface area contributed by atoms with Gasteiger partial charge in [0.05, 0.1) is 18.7 Å². The van der Waals surface area contributed by atoms with E-state index in [0.717, 1.165) is 0 Å². The van der Waals surface area contributed by atoms with E-state index in [1.54, 1.807) is 13.8 Å². The Kier molecular flexibility index (Phi) is 31.3. The molecule has 31 nitrogen and oxygen atoms in total. The number of nitrogens with one attached hydrogen (secondary N) is 9. The fourth-order valence-corrected chi connectivity index (χ4v) is 7.99. The zero-order valence-corrected chi connectivity index (χ0v) is 47.8. The van der Waals surface area contributed by atoms with E-state index >= 15 is 0 Å². The summed E-state index contributed by atoms with van der Waals surface area (Å²) in [6, 6.07) is -10.1. The number of alkyl carbamates (subject to hydrolysis) is 1. The van der Waals surface area contributed by atoms with Crippen LogP contribution in [0.3, 0.4) is 0 Å². The van der Waals surface area contributed by atoms with E-state index in [1.807, 2.05) is 34.6 Å². The van der Waals surface area contributed by atoms with Crippen molar-refractivity contribution in [3.63, 3.8) is 0 Å². The number of H-pyrrole nitrogens is 2. The van der Waals surface area contributed by atoms with E-state index in [4.69, 9.17) is 38.1 Å². The number of guanidine groups is 2. The lowest BCUT2D eigenvalue weighted by molar-refractivity contribution is -0.155. The number of esters is 1. The van der Waals surface area contributed by atoms with Gasteiger partial charge in [0.15, 0.2) is 11.9 Å². The molecule has 8 atom stereocenters. The number of carboxylic acids is 1. The molecule has 0 spiro atoms. The molecule has 2 rings (SSSR count). The Hall–Kier alpha value is -8.38. The monoisotopic (exact) mass is 1160 g/mol. The number of ether oxygens (including phenoxy) is 2. The second kappa shape index (κ2) is 36.8. The number of carbonyl (C=O) groups is 10. The SMILES string of the molecule is CCCC[C@H](NC(=O)[C@H](CC(C)C)NC(=O)[C@@H](N)CC(C)C)C(=O)N[C@@H](Cc1cnc[nH]1)C(=O)C(=O)OCCOC(=O)N[C@@H](CCCN=C(N)N)C(=O)N[C@H](C(=O)N[C@@H](CCCN=C(N)N)C(=O)N[C@@H](Cc1cnc[nH]1)C(=O)O)C(C)C. The molecule has 2 aromatic rings. The van der Waals surface area contributed by atoms with Crippen molar-refractivity contribution in [1.82, 2.24) is 57.2 Å². The van der Waals surface area contributed by atoms with Crippen LogP contribution in [0.4, 0.5) is 4.79 Å². The molecule has 458 valence electrons. The average Bonchev–Trinajstić information content (AvgIpc) is 4.14. The van der Waals surface area contributed by atoms with Crippen LogP contribution in [0.1, 0.15) is 118 Å². The lowest BCUT2D eigenvalue weighted by Gasteiger charge is -2.27. The molecule has 31 heteroatoms. The highest BCUT2D eigenvalue weighted by Crippen LogP contribution is 2.13. The van der Waals surface area contributed by atoms with Crippen LogP contribution < -0.4 is 65.9 Å². The Morgan fingerprint density at radius 2 is 1.00 bits per heavy atom. The first-order chi connectivity index (χ1) is 38.7. The van der Waals surface area contributed by atoms with Crippen LogP contribution in [0, 0.1) is 17.8 Å². The highest BCUT2D eigenvalue weighted by atomic mass is 16.6. The minimum Gasteiger partial charge on any atom is -0.480 e. The molecule has 0 unspecified atom stereocenters. The van der Waals surface area contributed by atoms with E-state index in [2.05, 4.69) is 67.1 Å². The number of hydrogen-bond donors (Lipinski definition) is 15. The lowest BCUT2D eigenvalue weighted by atomic mass is 9.99. The number of nitrogens with two attached hydrogens (primary N) is 5. The van der Waals surface area contributed by atoms with Crippen molar-refractivity contribution in [1.29, 1.82) is 0 Å². The Morgan fingerprint density at radius 1 is 0.561 bits per heavy atom. The number of ketones is 1. The molecule has 0 aliphatic carbocycles. The molecule has 2 heterocycles. The van der Waals surface area contributed by atoms with Crippen molar-refractivity contribution < 1.29 is 62.5 Å². The van der Waals surface area contributed by atoms with Gasteiger partial charge in [0.25, 0.3) is 5.78 Å². The third-order valence-electron chi connectivity index (χ3n) is 12.2. The number of imidazole rings is 2. The molecule has 0 saturated carbocycles. The number of carboxylic acid groups (broad SMARTS) is 1. The van der Waals surface area contributed by atoms with Crippen molar-refractivity contribution in [3.05, 3.63) is 36.4 Å². The fourth-order valence-electron chi connectivity index (χ4n) is 7.99. The Balaban J connectivity index is 2.22. The van der Waals surface area contributed by atoms with E-state index in [-0.39, 0.29) is 88.2 Å². The highest BCUT2D eigenvalue weighted by molar-refractivity contribution is 6.36. The average molecular weight is 1160 g/mol. The number of unbranched alkanes of at least 4 members (excludes halogenated alkanes) is 1. The fraction of sp³-hybridized carbons (Fsp3) is 0.647. The third kappa shape index (κ3) is 27.2. The van der Waals surface area contributed by atoms with Gasteiger partial charge >= 0.3 is 18.0 Å². The molecule has 82 heavy (non-hydrogen) atoms. The summed E-state index contributed by atoms with van der Waals surface area (Å²) in [7, 11) is 0. The van der Waals surface area contributed by atoms with Gasteiger partial charge in [0.1, 0.15) is 55.5 Å². The molecule has 0 aliphatic rings. The summed E-state index contributed by atoms with van der Waals surface area (Å²) in [5.41, 5.74) is 28.7. The molecule has 0 aliphatic heterocycles. The van der Waals surface area contributed by atoms with Crippen molar-refractivity contribution in [2.45, 2.75) is 167 Å². The van der Waals surface area contributed by atoms with Gasteiger partial charge in [0, 0.05) is 49.7 Å². The first kappa shape index (κ1) is 69.7. The second-order valence-corrected chi connectivity index (χ2v) is 20.7. The molecule has 0 aromatic carbocycles. The van der Waals surface area contributed by atoms with E-state index in [0.29, 0.717) is 30.7 Å². The van der Waals surface area contributed by atoms with Crippen molar-refractivity contribution in [3.8, 4) is 0 Å². The topological polar surface area (TPSA) is 506 Å². The van der Waals surface area contributed by atoms with Crippen LogP contribution in [0.25, 0.3) is 0 Å². The normalized spacial score (nSPS) is 14.0. The first-order valence-corrected chi connectivity index (χ1v) is 27.2. The maximum absolute atomic E-state index is 13.9. The quantitative estimate of drug-likeness (QED) is 0.0108. The van der Waals surface area contributed by atoms with Gasteiger partial charge in [-0.1, -0.05) is 61.3 Å². The molecular weight excluding hydrogens is 1070 g/mol. The number of aliphatic imine (C=N–C) groups is 2. The van der Waals surface area contributed by atoms with Crippen LogP contribution >= 0.6 is 0 Å². The van der Waals surface area contributed by atoms with Gasteiger partial charge in [-0.05, 0) is 62.7 Å². The predicted octanol–water partition coefficient (Wildman–Crippen LogP) is -2.51. The van der Waals surface area contributed by atoms with Crippen molar-refractivity contribution in [2.75, 3.05) is 26.3 Å². The number of aliphatic carboxylic acids is 1. The number of Topliss-reactive ketones (excluding diaryl/α,β-unsaturated/α-hetero) is 1. The van der Waals surface area contributed by atoms with Gasteiger partial charge in [-0.25, -0.2) is 24.4 Å². The minimum absolute atomic E-state index is 0.0256. The number of nitrogens with zero attached hydrogens (tertiary/aromatic N) is 4. The Morgan fingerprint density at radius 3 is 1.48 bits per heavy atom. The largest absolute Gasteiger partial charge is 0.480 e. The molecule has 7 amide bonds. The summed E-state index contributed by atoms with van der Waals surface area (Å²) in [5.74, 6) is -9.53. The zero-order valence-electron chi connectivity index (χ0n) is 47.8. The first-order valence-electron chi connectivity index (χ1n) is 27.2. The predicted molar refractivity (Wildman–Crippen MR) is 299 cm³/mol. The molecule has 2 aromatic heterocycles. The van der Waals surface area contributed by atoms with Crippen molar-refractivity contribution >= 4 is 71.2 Å². The highest BCUT2D eigenvalue weighted by Gasteiger charge is 2.36. The smallest absolute Gasteiger partial charge is 0.407 e. The lowest BCUT2D eigenvalue weighted by Crippen LogP contribution is -2.59. The number of rotatable bonds is 39. The third-order valence-corrected chi connectivity index (χ3v) is 12.2. The van der Waals surface area contributed by atoms with Crippen LogP contribution in [-0.2, 0) is 65.5 Å². The zero-order chi connectivity index (χ0) is 61.5. The number of carbonyl (C=O) groups excluding carboxylic acids is 9. The number of aromatic amines is 2. The molecule has 0 bridgehead atoms. The Bertz CT molecular complexity index is 2430. The second-order valence-electron chi connectivity index (χ2n) is 20.7. The van der Waals surface area contributed by atoms with Crippen molar-refractivity contribution in [2.24, 2.45) is 56.4 Å². The van der Waals surface area contributed by atoms with Gasteiger partial charge in [-0.15, -0.1) is 0 Å². The number of hydrogen-bond acceptors (Lipinski definition) is 17. The number of aromatic nitrogens is 4. The van der Waals surface area contributed by atoms with Gasteiger partial charge in [-0.2, -0.15) is 0 Å². The van der Waals surface area contributed by atoms with E-state index in [1.165, 1.54) is 25.0 Å². The molecule has 0 saturated heterocycles. The maximum atomic E-state index is 13.9. The van der Waals surface area contributed by atoms with E-state index < -0.39 is 127 Å². The summed E-state index contributed by atoms with van der Waals surface area (Å²) in [6.07, 6.45) is 5.81. The van der Waals surface area contributed by atoms with Gasteiger partial charge < -0.3 is 90.4 Å². The summed E-state index contributed by atoms with van der Waals surface area (Å²) in [5, 5.41) is 27.9. The van der Waals surface area contributed by atoms with Gasteiger partial charge in [0.2, 0.25) is 35.4 Å². The number of amides is 7. The van der Waals surface area contributed by atoms with Crippen LogP contribution in [-0.4, -0.2) is 171 Å². The summed E-state index contributed by atoms with van der Waals surface area (Å²) in [4.78, 5) is 156. The maximum Gasteiger partial charge on any atom is 0.407 e. The van der Waals surface area contributed by atoms with Crippen LogP contribution in [0.15, 0.2) is 35.0 Å². The van der Waals surface area contributed by atoms with Crippen LogP contribution in [0.2, 0.25) is 0 Å². The van der Waals surface area contributed by atoms with Gasteiger partial charge in [-0.3, -0.25) is 43.5 Å². The summed E-state index contributed by atoms with van der Waals surface area (Å²) >= 11 is 0. The van der Waals surface area contributed by atoms with E-state index in [9.17, 15) is 53.1 Å². The summed E-state index contributed by atoms with van der Waals surface area (Å²) in [6.45, 7) is 11.4. The standard InChI is InChI=1S/C51H86N18O13/c1-8-9-12-33(63-45(75)37(20-28(4)5)66-41(71)32(52)19-27(2)3)42(72)65-36(21-30-23-57-25-61-30)40(70)48(79)81-17-18-82-51(80)68-35(14-11-16-60-50(55)56)44(74)69-39(29(6)7)46(76)64-34(13-10-15-59-49(53)54)43(73)67-38(47(77)78)22-31-24-58-26-62-31/h23-29,32-39H,8-22,52H2,1-7H3,(H,57,61)(H,58,62)(H,63,75)(H,64,76)(H,65,72)(H,66,71)(H,67,73)(H,68,80)(H,69,74)(H,77,78)(H4,53,54,59)(H4,55,56,60)/t32-,33-,34-,35-,36-,37-,38-,39-/m0/s1. The molecular formula is C51H86N18O13.